The van der Waals surface area contributed by atoms with Gasteiger partial charge in [0.2, 0.25) is 17.0 Å². The van der Waals surface area contributed by atoms with Crippen LogP contribution in [0, 0.1) is 5.92 Å². The molecule has 1 unspecified atom stereocenters. The zero-order chi connectivity index (χ0) is 30.4. The van der Waals surface area contributed by atoms with E-state index in [4.69, 9.17) is 10.6 Å². The summed E-state index contributed by atoms with van der Waals surface area (Å²) in [6, 6.07) is 16.1. The van der Waals surface area contributed by atoms with E-state index in [-0.39, 0.29) is 30.5 Å². The molecule has 10 nitrogen and oxygen atoms in total. The van der Waals surface area contributed by atoms with Gasteiger partial charge in [0, 0.05) is 38.1 Å². The number of likely N-dealkylation sites (tertiary alicyclic amines) is 2. The van der Waals surface area contributed by atoms with Gasteiger partial charge in [-0.1, -0.05) is 61.4 Å². The molecule has 0 radical (unpaired) electrons. The van der Waals surface area contributed by atoms with Gasteiger partial charge in [-0.2, -0.15) is 10.2 Å². The van der Waals surface area contributed by atoms with Crippen LogP contribution in [0.1, 0.15) is 49.7 Å². The Bertz CT molecular complexity index is 1280. The van der Waals surface area contributed by atoms with Gasteiger partial charge in [-0.3, -0.25) is 9.69 Å². The second kappa shape index (κ2) is 14.1. The molecule has 1 aliphatic carbocycles. The van der Waals surface area contributed by atoms with Crippen molar-refractivity contribution in [1.29, 1.82) is 0 Å². The summed E-state index contributed by atoms with van der Waals surface area (Å²) in [5.74, 6) is 5.21. The van der Waals surface area contributed by atoms with Crippen LogP contribution < -0.4 is 5.90 Å². The predicted octanol–water partition coefficient (Wildman–Crippen LogP) is 3.48. The molecular formula is C32H42N4O6S. The van der Waals surface area contributed by atoms with Crippen LogP contribution in [-0.2, 0) is 37.1 Å². The van der Waals surface area contributed by atoms with Gasteiger partial charge < -0.3 is 19.6 Å². The zero-order valence-electron chi connectivity index (χ0n) is 24.5. The zero-order valence-corrected chi connectivity index (χ0v) is 25.3. The van der Waals surface area contributed by atoms with Crippen molar-refractivity contribution in [2.45, 2.75) is 67.7 Å². The summed E-state index contributed by atoms with van der Waals surface area (Å²) < 4.78 is 21.7. The van der Waals surface area contributed by atoms with Gasteiger partial charge in [0.1, 0.15) is 12.2 Å². The van der Waals surface area contributed by atoms with Crippen LogP contribution in [0.15, 0.2) is 72.1 Å². The molecule has 0 spiro atoms. The first-order chi connectivity index (χ1) is 20.8. The lowest BCUT2D eigenvalue weighted by atomic mass is 9.86. The Morgan fingerprint density at radius 3 is 2.37 bits per heavy atom. The molecule has 3 N–H and O–H groups in total. The standard InChI is InChI=1S/C32H42N4O6S/c1-2-18-36(31(38)41-22-24-12-14-28(15-13-24)43(40)42-33)27-16-19-34(20-17-27)29-21-35(30(37)25-8-6-7-9-25)23-32(29,39)26-10-4-3-5-11-26/h2-5,10-15,25,27,29,39H,1,6-9,16-23,33H2/t29-,32-,43?/m0/s1. The van der Waals surface area contributed by atoms with Crippen LogP contribution in [0.5, 0.6) is 0 Å². The second-order valence-corrected chi connectivity index (χ2v) is 12.9. The highest BCUT2D eigenvalue weighted by Crippen LogP contribution is 2.39. The lowest BCUT2D eigenvalue weighted by molar-refractivity contribution is -0.135. The average Bonchev–Trinajstić information content (AvgIpc) is 3.72. The van der Waals surface area contributed by atoms with Crippen molar-refractivity contribution in [3.63, 3.8) is 0 Å². The summed E-state index contributed by atoms with van der Waals surface area (Å²) in [4.78, 5) is 32.9. The lowest BCUT2D eigenvalue weighted by Crippen LogP contribution is -2.55. The number of rotatable bonds is 10. The first kappa shape index (κ1) is 31.3. The van der Waals surface area contributed by atoms with E-state index in [0.717, 1.165) is 36.8 Å². The van der Waals surface area contributed by atoms with Crippen molar-refractivity contribution >= 4 is 23.1 Å². The number of ether oxygens (including phenoxy) is 1. The van der Waals surface area contributed by atoms with Gasteiger partial charge in [0.25, 0.3) is 0 Å². The van der Waals surface area contributed by atoms with E-state index >= 15 is 0 Å². The van der Waals surface area contributed by atoms with Crippen molar-refractivity contribution in [2.24, 2.45) is 11.8 Å². The first-order valence-electron chi connectivity index (χ1n) is 15.1. The van der Waals surface area contributed by atoms with E-state index in [1.807, 2.05) is 35.2 Å². The molecule has 43 heavy (non-hydrogen) atoms. The molecule has 3 fully saturated rings. The third-order valence-corrected chi connectivity index (χ3v) is 10.0. The SMILES string of the molecule is C=CCN(C(=O)OCc1ccc(S(=O)ON)cc1)C1CCN([C@H]2CN(C(=O)C3CCCC3)C[C@]2(O)c2ccccc2)CC1. The lowest BCUT2D eigenvalue weighted by Gasteiger charge is -2.43. The maximum Gasteiger partial charge on any atom is 0.410 e. The van der Waals surface area contributed by atoms with E-state index in [2.05, 4.69) is 15.8 Å². The van der Waals surface area contributed by atoms with Gasteiger partial charge in [-0.25, -0.2) is 9.00 Å². The number of nitrogens with zero attached hydrogens (tertiary/aromatic N) is 3. The minimum Gasteiger partial charge on any atom is -0.445 e. The minimum absolute atomic E-state index is 0.0457. The van der Waals surface area contributed by atoms with Crippen molar-refractivity contribution in [2.75, 3.05) is 32.7 Å². The smallest absolute Gasteiger partial charge is 0.410 e. The summed E-state index contributed by atoms with van der Waals surface area (Å²) >= 11 is -1.74. The molecule has 2 amide bonds. The van der Waals surface area contributed by atoms with Crippen LogP contribution in [0.4, 0.5) is 4.79 Å². The van der Waals surface area contributed by atoms with E-state index in [1.165, 1.54) is 0 Å². The second-order valence-electron chi connectivity index (χ2n) is 11.7. The molecule has 232 valence electrons. The van der Waals surface area contributed by atoms with Gasteiger partial charge in [0.05, 0.1) is 17.5 Å². The van der Waals surface area contributed by atoms with Crippen molar-refractivity contribution in [1.82, 2.24) is 14.7 Å². The summed E-state index contributed by atoms with van der Waals surface area (Å²) in [7, 11) is 0. The largest absolute Gasteiger partial charge is 0.445 e. The summed E-state index contributed by atoms with van der Waals surface area (Å²) in [6.07, 6.45) is 6.73. The van der Waals surface area contributed by atoms with Crippen LogP contribution in [-0.4, -0.2) is 80.8 Å². The average molecular weight is 611 g/mol. The maximum absolute atomic E-state index is 13.4. The van der Waals surface area contributed by atoms with Gasteiger partial charge >= 0.3 is 6.09 Å². The monoisotopic (exact) mass is 610 g/mol. The number of hydrogen-bond donors (Lipinski definition) is 2. The van der Waals surface area contributed by atoms with Crippen molar-refractivity contribution in [3.8, 4) is 0 Å². The normalized spacial score (nSPS) is 24.1. The molecule has 2 saturated heterocycles. The number of hydrogen-bond acceptors (Lipinski definition) is 8. The Hall–Kier alpha value is -3.09. The van der Waals surface area contributed by atoms with Gasteiger partial charge in [0.15, 0.2) is 0 Å². The molecule has 5 rings (SSSR count). The summed E-state index contributed by atoms with van der Waals surface area (Å²) in [5, 5.41) is 12.2. The Balaban J connectivity index is 1.23. The number of nitrogens with two attached hydrogens (primary N) is 1. The quantitative estimate of drug-likeness (QED) is 0.310. The Labute approximate surface area is 256 Å². The fourth-order valence-electron chi connectivity index (χ4n) is 6.85. The van der Waals surface area contributed by atoms with Gasteiger partial charge in [-0.05, 0) is 48.9 Å². The Morgan fingerprint density at radius 1 is 1.07 bits per heavy atom. The van der Waals surface area contributed by atoms with Crippen molar-refractivity contribution in [3.05, 3.63) is 78.4 Å². The number of benzene rings is 2. The number of β-amino-alcohol motifs (C(OH)–C–C–N with tert-alkyl or cyclic N) is 1. The maximum atomic E-state index is 13.4. The Morgan fingerprint density at radius 2 is 1.74 bits per heavy atom. The molecule has 2 aromatic rings. The highest BCUT2D eigenvalue weighted by atomic mass is 32.2. The molecular weight excluding hydrogens is 568 g/mol. The van der Waals surface area contributed by atoms with E-state index < -0.39 is 22.8 Å². The topological polar surface area (TPSA) is 126 Å². The summed E-state index contributed by atoms with van der Waals surface area (Å²) in [5.41, 5.74) is 0.411. The fourth-order valence-corrected chi connectivity index (χ4v) is 7.32. The van der Waals surface area contributed by atoms with E-state index in [1.54, 1.807) is 35.2 Å². The predicted molar refractivity (Wildman–Crippen MR) is 162 cm³/mol. The molecule has 11 heteroatoms. The van der Waals surface area contributed by atoms with Crippen LogP contribution in [0.25, 0.3) is 0 Å². The van der Waals surface area contributed by atoms with E-state index in [9.17, 15) is 18.9 Å². The number of aliphatic hydroxyl groups is 1. The molecule has 0 bridgehead atoms. The molecule has 2 aromatic carbocycles. The number of piperidine rings is 1. The first-order valence-corrected chi connectivity index (χ1v) is 16.1. The molecule has 2 aliphatic heterocycles. The Kier molecular flexibility index (Phi) is 10.3. The molecule has 1 saturated carbocycles. The molecule has 2 heterocycles. The van der Waals surface area contributed by atoms with Gasteiger partial charge in [-0.15, -0.1) is 6.58 Å². The highest BCUT2D eigenvalue weighted by molar-refractivity contribution is 7.80. The third kappa shape index (κ3) is 7.02. The van der Waals surface area contributed by atoms with E-state index in [0.29, 0.717) is 50.5 Å². The molecule has 3 atom stereocenters. The fraction of sp³-hybridized carbons (Fsp3) is 0.500. The summed E-state index contributed by atoms with van der Waals surface area (Å²) in [6.45, 7) is 6.41. The van der Waals surface area contributed by atoms with Crippen LogP contribution in [0.3, 0.4) is 0 Å². The molecule has 3 aliphatic rings. The number of amides is 2. The third-order valence-electron chi connectivity index (χ3n) is 9.17. The minimum atomic E-state index is -1.74. The molecule has 0 aromatic heterocycles. The van der Waals surface area contributed by atoms with Crippen molar-refractivity contribution < 1.29 is 27.9 Å². The highest BCUT2D eigenvalue weighted by Gasteiger charge is 2.51. The van der Waals surface area contributed by atoms with Crippen LogP contribution >= 0.6 is 0 Å². The number of carbonyl (C=O) groups excluding carboxylic acids is 2. The number of carbonyl (C=O) groups is 2. The van der Waals surface area contributed by atoms with Crippen LogP contribution in [0.2, 0.25) is 0 Å².